The molecule has 0 radical (unpaired) electrons. The van der Waals surface area contributed by atoms with E-state index in [9.17, 15) is 0 Å². The van der Waals surface area contributed by atoms with Crippen LogP contribution in [0, 0.1) is 0 Å². The molecule has 2 unspecified atom stereocenters. The van der Waals surface area contributed by atoms with Gasteiger partial charge in [-0.05, 0) is 13.3 Å². The molecule has 5 nitrogen and oxygen atoms in total. The van der Waals surface area contributed by atoms with Gasteiger partial charge in [0.25, 0.3) is 0 Å². The second kappa shape index (κ2) is 6.40. The number of hydrogen-bond donors (Lipinski definition) is 2. The van der Waals surface area contributed by atoms with Gasteiger partial charge in [0.2, 0.25) is 5.88 Å². The van der Waals surface area contributed by atoms with Gasteiger partial charge in [-0.3, -0.25) is 4.98 Å². The summed E-state index contributed by atoms with van der Waals surface area (Å²) in [6, 6.07) is 0.256. The van der Waals surface area contributed by atoms with Crippen LogP contribution in [0.15, 0.2) is 12.4 Å². The Hall–Kier alpha value is -1.20. The van der Waals surface area contributed by atoms with Crippen LogP contribution in [-0.2, 0) is 0 Å². The van der Waals surface area contributed by atoms with Crippen molar-refractivity contribution in [3.05, 3.63) is 18.1 Å². The molecule has 90 valence electrons. The first kappa shape index (κ1) is 12.9. The molecule has 2 atom stereocenters. The lowest BCUT2D eigenvalue weighted by Crippen LogP contribution is -2.34. The average molecular weight is 224 g/mol. The third-order valence-electron chi connectivity index (χ3n) is 2.51. The topological polar surface area (TPSA) is 73.1 Å². The Morgan fingerprint density at radius 1 is 1.44 bits per heavy atom. The van der Waals surface area contributed by atoms with E-state index in [0.29, 0.717) is 5.88 Å². The molecule has 0 amide bonds. The van der Waals surface area contributed by atoms with Crippen molar-refractivity contribution in [2.24, 2.45) is 5.73 Å². The van der Waals surface area contributed by atoms with E-state index in [-0.39, 0.29) is 12.1 Å². The van der Waals surface area contributed by atoms with Gasteiger partial charge in [0, 0.05) is 25.0 Å². The van der Waals surface area contributed by atoms with Crippen molar-refractivity contribution in [3.63, 3.8) is 0 Å². The molecule has 5 heteroatoms. The van der Waals surface area contributed by atoms with Gasteiger partial charge in [-0.25, -0.2) is 4.98 Å². The van der Waals surface area contributed by atoms with Gasteiger partial charge >= 0.3 is 0 Å². The Labute approximate surface area is 96.4 Å². The summed E-state index contributed by atoms with van der Waals surface area (Å²) >= 11 is 0. The third kappa shape index (κ3) is 3.43. The molecule has 0 aliphatic rings. The Morgan fingerprint density at radius 2 is 2.12 bits per heavy atom. The number of ether oxygens (including phenoxy) is 1. The Morgan fingerprint density at radius 3 is 2.75 bits per heavy atom. The fourth-order valence-electron chi connectivity index (χ4n) is 1.36. The smallest absolute Gasteiger partial charge is 0.236 e. The highest BCUT2D eigenvalue weighted by Crippen LogP contribution is 2.18. The zero-order chi connectivity index (χ0) is 12.0. The lowest BCUT2D eigenvalue weighted by atomic mass is 10.2. The largest absolute Gasteiger partial charge is 0.480 e. The molecule has 1 heterocycles. The predicted octanol–water partition coefficient (Wildman–Crippen LogP) is 0.873. The zero-order valence-corrected chi connectivity index (χ0v) is 10.1. The van der Waals surface area contributed by atoms with Gasteiger partial charge in [-0.1, -0.05) is 6.92 Å². The van der Waals surface area contributed by atoms with Gasteiger partial charge in [-0.15, -0.1) is 0 Å². The van der Waals surface area contributed by atoms with Gasteiger partial charge in [0.05, 0.1) is 13.2 Å². The first-order chi connectivity index (χ1) is 7.69. The van der Waals surface area contributed by atoms with Crippen molar-refractivity contribution in [2.45, 2.75) is 32.4 Å². The lowest BCUT2D eigenvalue weighted by Gasteiger charge is -2.17. The summed E-state index contributed by atoms with van der Waals surface area (Å²) in [7, 11) is 1.60. The number of hydrogen-bond acceptors (Lipinski definition) is 5. The average Bonchev–Trinajstić information content (AvgIpc) is 2.35. The zero-order valence-electron chi connectivity index (χ0n) is 10.1. The number of nitrogens with one attached hydrogen (secondary N) is 1. The number of aromatic nitrogens is 2. The lowest BCUT2D eigenvalue weighted by molar-refractivity contribution is 0.378. The third-order valence-corrected chi connectivity index (χ3v) is 2.51. The summed E-state index contributed by atoms with van der Waals surface area (Å²) in [5, 5.41) is 3.32. The van der Waals surface area contributed by atoms with Gasteiger partial charge in [-0.2, -0.15) is 0 Å². The maximum absolute atomic E-state index is 5.84. The van der Waals surface area contributed by atoms with E-state index in [1.165, 1.54) is 0 Å². The van der Waals surface area contributed by atoms with E-state index in [1.807, 2.05) is 6.92 Å². The van der Waals surface area contributed by atoms with Crippen molar-refractivity contribution in [3.8, 4) is 5.88 Å². The van der Waals surface area contributed by atoms with Crippen LogP contribution in [-0.4, -0.2) is 29.7 Å². The summed E-state index contributed by atoms with van der Waals surface area (Å²) in [5.41, 5.74) is 6.65. The van der Waals surface area contributed by atoms with Gasteiger partial charge in [0.15, 0.2) is 0 Å². The first-order valence-corrected chi connectivity index (χ1v) is 5.52. The van der Waals surface area contributed by atoms with Crippen LogP contribution in [0.3, 0.4) is 0 Å². The summed E-state index contributed by atoms with van der Waals surface area (Å²) < 4.78 is 5.15. The number of nitrogens with zero attached hydrogens (tertiary/aromatic N) is 2. The molecule has 0 spiro atoms. The monoisotopic (exact) mass is 224 g/mol. The Kier molecular flexibility index (Phi) is 5.14. The van der Waals surface area contributed by atoms with Crippen LogP contribution in [0.5, 0.6) is 5.88 Å². The highest BCUT2D eigenvalue weighted by Gasteiger charge is 2.13. The van der Waals surface area contributed by atoms with E-state index in [1.54, 1.807) is 19.5 Å². The molecular weight excluding hydrogens is 204 g/mol. The van der Waals surface area contributed by atoms with E-state index < -0.39 is 0 Å². The molecule has 1 aromatic heterocycles. The normalized spacial score (nSPS) is 14.5. The molecule has 0 bridgehead atoms. The second-order valence-corrected chi connectivity index (χ2v) is 3.75. The second-order valence-electron chi connectivity index (χ2n) is 3.75. The molecule has 0 saturated carbocycles. The minimum Gasteiger partial charge on any atom is -0.480 e. The quantitative estimate of drug-likeness (QED) is 0.750. The summed E-state index contributed by atoms with van der Waals surface area (Å²) in [6.07, 6.45) is 4.24. The highest BCUT2D eigenvalue weighted by molar-refractivity contribution is 5.20. The minimum atomic E-state index is 0.0845. The van der Waals surface area contributed by atoms with Crippen molar-refractivity contribution < 1.29 is 4.74 Å². The van der Waals surface area contributed by atoms with Crippen LogP contribution in [0.4, 0.5) is 0 Å². The number of nitrogens with two attached hydrogens (primary N) is 1. The van der Waals surface area contributed by atoms with Crippen LogP contribution in [0.2, 0.25) is 0 Å². The SMILES string of the molecule is CCC(N)CNC(C)c1nccnc1OC. The van der Waals surface area contributed by atoms with Crippen molar-refractivity contribution in [1.29, 1.82) is 0 Å². The standard InChI is InChI=1S/C11H20N4O/c1-4-9(12)7-15-8(2)10-11(16-3)14-6-5-13-10/h5-6,8-9,15H,4,7,12H2,1-3H3. The molecule has 0 aromatic carbocycles. The van der Waals surface area contributed by atoms with Crippen LogP contribution in [0.25, 0.3) is 0 Å². The van der Waals surface area contributed by atoms with Crippen LogP contribution >= 0.6 is 0 Å². The molecule has 1 rings (SSSR count). The molecule has 0 aliphatic carbocycles. The van der Waals surface area contributed by atoms with Gasteiger partial charge < -0.3 is 15.8 Å². The summed E-state index contributed by atoms with van der Waals surface area (Å²) in [5.74, 6) is 0.563. The van der Waals surface area contributed by atoms with E-state index >= 15 is 0 Å². The maximum atomic E-state index is 5.84. The predicted molar refractivity (Wildman–Crippen MR) is 63.3 cm³/mol. The maximum Gasteiger partial charge on any atom is 0.236 e. The molecule has 16 heavy (non-hydrogen) atoms. The number of methoxy groups -OCH3 is 1. The Bertz CT molecular complexity index is 319. The van der Waals surface area contributed by atoms with Crippen LogP contribution < -0.4 is 15.8 Å². The van der Waals surface area contributed by atoms with E-state index in [2.05, 4.69) is 22.2 Å². The van der Waals surface area contributed by atoms with Gasteiger partial charge in [0.1, 0.15) is 5.69 Å². The van der Waals surface area contributed by atoms with Crippen molar-refractivity contribution in [2.75, 3.05) is 13.7 Å². The summed E-state index contributed by atoms with van der Waals surface area (Å²) in [4.78, 5) is 8.37. The highest BCUT2D eigenvalue weighted by atomic mass is 16.5. The Balaban J connectivity index is 2.61. The summed E-state index contributed by atoms with van der Waals surface area (Å²) in [6.45, 7) is 4.85. The van der Waals surface area contributed by atoms with Crippen molar-refractivity contribution in [1.82, 2.24) is 15.3 Å². The fraction of sp³-hybridized carbons (Fsp3) is 0.636. The number of rotatable bonds is 6. The van der Waals surface area contributed by atoms with Crippen LogP contribution in [0.1, 0.15) is 32.0 Å². The molecule has 1 aromatic rings. The molecule has 3 N–H and O–H groups in total. The fourth-order valence-corrected chi connectivity index (χ4v) is 1.36. The first-order valence-electron chi connectivity index (χ1n) is 5.52. The minimum absolute atomic E-state index is 0.0845. The van der Waals surface area contributed by atoms with Crippen molar-refractivity contribution >= 4 is 0 Å². The molecule has 0 fully saturated rings. The van der Waals surface area contributed by atoms with E-state index in [0.717, 1.165) is 18.7 Å². The molecular formula is C11H20N4O. The van der Waals surface area contributed by atoms with E-state index in [4.69, 9.17) is 10.5 Å². The molecule has 0 saturated heterocycles. The molecule has 0 aliphatic heterocycles.